The molecule has 1 unspecified atom stereocenters. The van der Waals surface area contributed by atoms with Gasteiger partial charge in [-0.2, -0.15) is 0 Å². The van der Waals surface area contributed by atoms with E-state index in [-0.39, 0.29) is 6.42 Å². The van der Waals surface area contributed by atoms with Crippen molar-refractivity contribution in [2.24, 2.45) is 0 Å². The monoisotopic (exact) mass is 302 g/mol. The second kappa shape index (κ2) is 13.1. The molecule has 0 radical (unpaired) electrons. The first-order valence-electron chi connectivity index (χ1n) is 8.57. The lowest BCUT2D eigenvalue weighted by atomic mass is 10.0. The molecule has 0 bridgehead atoms. The molecule has 0 amide bonds. The van der Waals surface area contributed by atoms with Gasteiger partial charge in [0.05, 0.1) is 0 Å². The highest BCUT2D eigenvalue weighted by molar-refractivity contribution is 5.75. The summed E-state index contributed by atoms with van der Waals surface area (Å²) >= 11 is 0. The summed E-state index contributed by atoms with van der Waals surface area (Å²) in [6, 6.07) is 0. The maximum absolute atomic E-state index is 10.8. The van der Waals surface area contributed by atoms with Crippen LogP contribution in [0.4, 0.5) is 0 Å². The number of rotatable bonds is 15. The van der Waals surface area contributed by atoms with Crippen molar-refractivity contribution in [3.05, 3.63) is 0 Å². The SMILES string of the molecule is CCCCCCCCCCCCCCC(O)(OC)C(=O)O. The third-order valence-corrected chi connectivity index (χ3v) is 4.04. The van der Waals surface area contributed by atoms with E-state index in [0.717, 1.165) is 12.8 Å². The molecule has 0 saturated carbocycles. The summed E-state index contributed by atoms with van der Waals surface area (Å²) in [7, 11) is 1.23. The predicted octanol–water partition coefficient (Wildman–Crippen LogP) is 4.50. The summed E-state index contributed by atoms with van der Waals surface area (Å²) < 4.78 is 4.66. The van der Waals surface area contributed by atoms with Crippen molar-refractivity contribution in [1.29, 1.82) is 0 Å². The van der Waals surface area contributed by atoms with Crippen LogP contribution in [0.5, 0.6) is 0 Å². The Morgan fingerprint density at radius 3 is 1.57 bits per heavy atom. The zero-order valence-electron chi connectivity index (χ0n) is 13.9. The minimum absolute atomic E-state index is 0.163. The van der Waals surface area contributed by atoms with Crippen molar-refractivity contribution < 1.29 is 19.7 Å². The van der Waals surface area contributed by atoms with E-state index in [2.05, 4.69) is 11.7 Å². The first-order valence-corrected chi connectivity index (χ1v) is 8.57. The molecule has 0 fully saturated rings. The zero-order valence-corrected chi connectivity index (χ0v) is 13.9. The lowest BCUT2D eigenvalue weighted by Crippen LogP contribution is -2.40. The molecule has 0 saturated heterocycles. The molecule has 0 aliphatic rings. The molecule has 0 aromatic heterocycles. The van der Waals surface area contributed by atoms with Crippen LogP contribution in [-0.2, 0) is 9.53 Å². The van der Waals surface area contributed by atoms with E-state index in [9.17, 15) is 9.90 Å². The third-order valence-electron chi connectivity index (χ3n) is 4.04. The highest BCUT2D eigenvalue weighted by Crippen LogP contribution is 2.18. The van der Waals surface area contributed by atoms with E-state index in [1.807, 2.05) is 0 Å². The van der Waals surface area contributed by atoms with E-state index in [1.165, 1.54) is 64.9 Å². The van der Waals surface area contributed by atoms with Gasteiger partial charge in [0.15, 0.2) is 0 Å². The van der Waals surface area contributed by atoms with E-state index in [0.29, 0.717) is 6.42 Å². The Labute approximate surface area is 129 Å². The van der Waals surface area contributed by atoms with Gasteiger partial charge in [0.1, 0.15) is 0 Å². The number of hydrogen-bond donors (Lipinski definition) is 2. The predicted molar refractivity (Wildman–Crippen MR) is 85.3 cm³/mol. The van der Waals surface area contributed by atoms with Crippen molar-refractivity contribution in [1.82, 2.24) is 0 Å². The molecule has 0 aromatic rings. The van der Waals surface area contributed by atoms with Crippen LogP contribution >= 0.6 is 0 Å². The summed E-state index contributed by atoms with van der Waals surface area (Å²) in [5, 5.41) is 18.5. The number of aliphatic carboxylic acids is 1. The second-order valence-electron chi connectivity index (χ2n) is 5.93. The van der Waals surface area contributed by atoms with E-state index >= 15 is 0 Å². The summed E-state index contributed by atoms with van der Waals surface area (Å²) in [4.78, 5) is 10.8. The number of carboxylic acid groups (broad SMARTS) is 1. The maximum Gasteiger partial charge on any atom is 0.364 e. The molecule has 4 nitrogen and oxygen atoms in total. The highest BCUT2D eigenvalue weighted by Gasteiger charge is 2.35. The van der Waals surface area contributed by atoms with Gasteiger partial charge in [0.2, 0.25) is 0 Å². The molecule has 2 N–H and O–H groups in total. The summed E-state index contributed by atoms with van der Waals surface area (Å²) in [6.45, 7) is 2.24. The molecule has 1 atom stereocenters. The fraction of sp³-hybridized carbons (Fsp3) is 0.941. The van der Waals surface area contributed by atoms with E-state index < -0.39 is 11.8 Å². The number of unbranched alkanes of at least 4 members (excludes halogenated alkanes) is 11. The Morgan fingerprint density at radius 2 is 1.24 bits per heavy atom. The van der Waals surface area contributed by atoms with Crippen molar-refractivity contribution in [2.75, 3.05) is 7.11 Å². The summed E-state index contributed by atoms with van der Waals surface area (Å²) in [5.41, 5.74) is 0. The smallest absolute Gasteiger partial charge is 0.364 e. The van der Waals surface area contributed by atoms with Crippen molar-refractivity contribution >= 4 is 5.97 Å². The normalized spacial score (nSPS) is 14.0. The van der Waals surface area contributed by atoms with Crippen molar-refractivity contribution in [3.63, 3.8) is 0 Å². The lowest BCUT2D eigenvalue weighted by molar-refractivity contribution is -0.216. The standard InChI is InChI=1S/C17H34O4/c1-3-4-5-6-7-8-9-10-11-12-13-14-15-17(20,21-2)16(18)19/h20H,3-15H2,1-2H3,(H,18,19). The Bertz CT molecular complexity index is 255. The first-order chi connectivity index (χ1) is 10.1. The topological polar surface area (TPSA) is 66.8 Å². The van der Waals surface area contributed by atoms with Crippen LogP contribution in [0.1, 0.15) is 90.4 Å². The fourth-order valence-corrected chi connectivity index (χ4v) is 2.50. The quantitative estimate of drug-likeness (QED) is 0.345. The third kappa shape index (κ3) is 10.7. The van der Waals surface area contributed by atoms with Crippen LogP contribution in [0.15, 0.2) is 0 Å². The van der Waals surface area contributed by atoms with Gasteiger partial charge in [-0.15, -0.1) is 0 Å². The van der Waals surface area contributed by atoms with E-state index in [1.54, 1.807) is 0 Å². The molecule has 126 valence electrons. The summed E-state index contributed by atoms with van der Waals surface area (Å²) in [6.07, 6.45) is 14.8. The Balaban J connectivity index is 3.31. The average molecular weight is 302 g/mol. The van der Waals surface area contributed by atoms with Gasteiger partial charge in [0.25, 0.3) is 5.79 Å². The molecule has 0 heterocycles. The summed E-state index contributed by atoms with van der Waals surface area (Å²) in [5.74, 6) is -3.30. The van der Waals surface area contributed by atoms with Gasteiger partial charge in [-0.3, -0.25) is 0 Å². The molecule has 0 rings (SSSR count). The number of aliphatic hydroxyl groups is 1. The number of hydrogen-bond acceptors (Lipinski definition) is 3. The van der Waals surface area contributed by atoms with Gasteiger partial charge in [0, 0.05) is 13.5 Å². The largest absolute Gasteiger partial charge is 0.477 e. The highest BCUT2D eigenvalue weighted by atomic mass is 16.6. The minimum Gasteiger partial charge on any atom is -0.477 e. The molecule has 21 heavy (non-hydrogen) atoms. The molecular formula is C17H34O4. The first kappa shape index (κ1) is 20.4. The Kier molecular flexibility index (Phi) is 12.7. The molecule has 0 aliphatic carbocycles. The molecule has 0 spiro atoms. The van der Waals surface area contributed by atoms with Crippen LogP contribution in [0, 0.1) is 0 Å². The lowest BCUT2D eigenvalue weighted by Gasteiger charge is -2.20. The van der Waals surface area contributed by atoms with Crippen LogP contribution in [0.2, 0.25) is 0 Å². The van der Waals surface area contributed by atoms with Gasteiger partial charge in [-0.1, -0.05) is 77.6 Å². The zero-order chi connectivity index (χ0) is 16.0. The number of carboxylic acids is 1. The van der Waals surface area contributed by atoms with Gasteiger partial charge in [-0.05, 0) is 6.42 Å². The van der Waals surface area contributed by atoms with E-state index in [4.69, 9.17) is 5.11 Å². The molecular weight excluding hydrogens is 268 g/mol. The van der Waals surface area contributed by atoms with Crippen LogP contribution in [-0.4, -0.2) is 29.1 Å². The van der Waals surface area contributed by atoms with Gasteiger partial charge < -0.3 is 14.9 Å². The number of ether oxygens (including phenoxy) is 1. The number of carbonyl (C=O) groups is 1. The Hall–Kier alpha value is -0.610. The molecule has 0 aliphatic heterocycles. The van der Waals surface area contributed by atoms with Crippen molar-refractivity contribution in [3.8, 4) is 0 Å². The van der Waals surface area contributed by atoms with Crippen LogP contribution in [0.25, 0.3) is 0 Å². The maximum atomic E-state index is 10.8. The van der Waals surface area contributed by atoms with Crippen LogP contribution < -0.4 is 0 Å². The van der Waals surface area contributed by atoms with Crippen LogP contribution in [0.3, 0.4) is 0 Å². The number of methoxy groups -OCH3 is 1. The molecule has 4 heteroatoms. The fourth-order valence-electron chi connectivity index (χ4n) is 2.50. The van der Waals surface area contributed by atoms with Crippen molar-refractivity contribution in [2.45, 2.75) is 96.2 Å². The Morgan fingerprint density at radius 1 is 0.857 bits per heavy atom. The van der Waals surface area contributed by atoms with Gasteiger partial charge in [-0.25, -0.2) is 4.79 Å². The average Bonchev–Trinajstić information content (AvgIpc) is 2.47. The minimum atomic E-state index is -2.00. The molecule has 0 aromatic carbocycles. The van der Waals surface area contributed by atoms with Gasteiger partial charge >= 0.3 is 5.97 Å². The second-order valence-corrected chi connectivity index (χ2v) is 5.93.